The first-order valence-electron chi connectivity index (χ1n) is 10.4. The van der Waals surface area contributed by atoms with E-state index in [2.05, 4.69) is 12.1 Å². The molecule has 6 heteroatoms. The van der Waals surface area contributed by atoms with Gasteiger partial charge in [-0.05, 0) is 31.7 Å². The molecular formula is C23H28O6. The quantitative estimate of drug-likeness (QED) is 0.773. The summed E-state index contributed by atoms with van der Waals surface area (Å²) in [4.78, 5) is 12.3. The highest BCUT2D eigenvalue weighted by molar-refractivity contribution is 5.91. The predicted molar refractivity (Wildman–Crippen MR) is 104 cm³/mol. The molecule has 7 atom stereocenters. The van der Waals surface area contributed by atoms with Crippen molar-refractivity contribution in [2.45, 2.75) is 63.7 Å². The summed E-state index contributed by atoms with van der Waals surface area (Å²) in [5, 5.41) is 0. The first-order valence-corrected chi connectivity index (χ1v) is 10.4. The van der Waals surface area contributed by atoms with Crippen LogP contribution in [0.1, 0.15) is 32.3 Å². The van der Waals surface area contributed by atoms with E-state index < -0.39 is 12.1 Å². The minimum Gasteiger partial charge on any atom is -0.501 e. The number of ether oxygens (including phenoxy) is 5. The van der Waals surface area contributed by atoms with Crippen LogP contribution in [0.4, 0.5) is 0 Å². The molecule has 2 aliphatic heterocycles. The van der Waals surface area contributed by atoms with Crippen molar-refractivity contribution < 1.29 is 28.5 Å². The fourth-order valence-corrected chi connectivity index (χ4v) is 5.53. The lowest BCUT2D eigenvalue weighted by molar-refractivity contribution is -0.236. The lowest BCUT2D eigenvalue weighted by Crippen LogP contribution is -2.51. The normalized spacial score (nSPS) is 40.0. The maximum atomic E-state index is 12.3. The molecule has 1 aromatic carbocycles. The van der Waals surface area contributed by atoms with E-state index >= 15 is 0 Å². The van der Waals surface area contributed by atoms with Gasteiger partial charge in [-0.15, -0.1) is 0 Å². The van der Waals surface area contributed by atoms with E-state index in [1.54, 1.807) is 13.2 Å². The van der Waals surface area contributed by atoms with E-state index in [1.165, 1.54) is 0 Å². The van der Waals surface area contributed by atoms with E-state index in [0.29, 0.717) is 13.0 Å². The highest BCUT2D eigenvalue weighted by Crippen LogP contribution is 2.54. The smallest absolute Gasteiger partial charge is 0.187 e. The van der Waals surface area contributed by atoms with Crippen LogP contribution in [0.3, 0.4) is 0 Å². The number of benzene rings is 1. The zero-order chi connectivity index (χ0) is 20.2. The molecular weight excluding hydrogens is 372 g/mol. The third kappa shape index (κ3) is 3.42. The summed E-state index contributed by atoms with van der Waals surface area (Å²) in [5.41, 5.74) is 1.12. The molecule has 0 radical (unpaired) electrons. The molecule has 1 saturated carbocycles. The van der Waals surface area contributed by atoms with Gasteiger partial charge >= 0.3 is 0 Å². The Morgan fingerprint density at radius 2 is 1.93 bits per heavy atom. The van der Waals surface area contributed by atoms with E-state index in [1.807, 2.05) is 32.0 Å². The van der Waals surface area contributed by atoms with Crippen molar-refractivity contribution in [1.82, 2.24) is 0 Å². The molecule has 5 rings (SSSR count). The van der Waals surface area contributed by atoms with Crippen molar-refractivity contribution in [1.29, 1.82) is 0 Å². The van der Waals surface area contributed by atoms with E-state index in [9.17, 15) is 4.79 Å². The molecule has 3 fully saturated rings. The van der Waals surface area contributed by atoms with Crippen LogP contribution < -0.4 is 0 Å². The van der Waals surface area contributed by atoms with Gasteiger partial charge in [0.2, 0.25) is 0 Å². The number of hydrogen-bond acceptors (Lipinski definition) is 6. The summed E-state index contributed by atoms with van der Waals surface area (Å²) >= 11 is 0. The van der Waals surface area contributed by atoms with Gasteiger partial charge in [-0.2, -0.15) is 0 Å². The second-order valence-corrected chi connectivity index (χ2v) is 8.92. The third-order valence-corrected chi connectivity index (χ3v) is 6.60. The molecule has 2 heterocycles. The maximum Gasteiger partial charge on any atom is 0.187 e. The molecule has 4 aliphatic rings. The number of ketones is 1. The molecule has 0 bridgehead atoms. The van der Waals surface area contributed by atoms with E-state index in [0.717, 1.165) is 17.7 Å². The second kappa shape index (κ2) is 7.20. The van der Waals surface area contributed by atoms with E-state index in [4.69, 9.17) is 23.7 Å². The summed E-state index contributed by atoms with van der Waals surface area (Å²) in [6.45, 7) is 4.33. The lowest BCUT2D eigenvalue weighted by Gasteiger charge is -2.46. The lowest BCUT2D eigenvalue weighted by atomic mass is 9.64. The van der Waals surface area contributed by atoms with Crippen molar-refractivity contribution >= 4 is 5.78 Å². The Morgan fingerprint density at radius 3 is 2.69 bits per heavy atom. The van der Waals surface area contributed by atoms with Gasteiger partial charge in [-0.3, -0.25) is 4.79 Å². The van der Waals surface area contributed by atoms with Gasteiger partial charge in [0, 0.05) is 24.3 Å². The van der Waals surface area contributed by atoms with Gasteiger partial charge in [0.15, 0.2) is 17.9 Å². The summed E-state index contributed by atoms with van der Waals surface area (Å²) in [7, 11) is 1.64. The summed E-state index contributed by atoms with van der Waals surface area (Å²) < 4.78 is 30.6. The monoisotopic (exact) mass is 400 g/mol. The number of methoxy groups -OCH3 is 1. The van der Waals surface area contributed by atoms with Crippen LogP contribution in [0.25, 0.3) is 0 Å². The van der Waals surface area contributed by atoms with Gasteiger partial charge in [0.25, 0.3) is 0 Å². The molecule has 1 aromatic rings. The van der Waals surface area contributed by atoms with Gasteiger partial charge in [0.05, 0.1) is 25.9 Å². The summed E-state index contributed by atoms with van der Waals surface area (Å²) in [6, 6.07) is 10.1. The van der Waals surface area contributed by atoms with Gasteiger partial charge in [-0.1, -0.05) is 30.3 Å². The zero-order valence-corrected chi connectivity index (χ0v) is 17.1. The Balaban J connectivity index is 1.44. The number of carbonyl (C=O) groups excluding carboxylic acids is 1. The number of rotatable bonds is 4. The number of allylic oxidation sites excluding steroid dienone is 2. The molecule has 2 saturated heterocycles. The van der Waals surface area contributed by atoms with Crippen LogP contribution in [-0.2, 0) is 35.1 Å². The van der Waals surface area contributed by atoms with Gasteiger partial charge in [-0.25, -0.2) is 0 Å². The Morgan fingerprint density at radius 1 is 1.14 bits per heavy atom. The number of hydrogen-bond donors (Lipinski definition) is 0. The Labute approximate surface area is 171 Å². The highest BCUT2D eigenvalue weighted by Gasteiger charge is 2.63. The van der Waals surface area contributed by atoms with Crippen molar-refractivity contribution in [2.75, 3.05) is 7.11 Å². The van der Waals surface area contributed by atoms with Crippen LogP contribution in [0.2, 0.25) is 0 Å². The van der Waals surface area contributed by atoms with Crippen molar-refractivity contribution in [3.05, 3.63) is 47.7 Å². The Hall–Kier alpha value is -1.73. The maximum absolute atomic E-state index is 12.3. The van der Waals surface area contributed by atoms with Crippen molar-refractivity contribution in [3.63, 3.8) is 0 Å². The summed E-state index contributed by atoms with van der Waals surface area (Å²) in [5.74, 6) is 0.421. The highest BCUT2D eigenvalue weighted by atomic mass is 16.8. The average Bonchev–Trinajstić information content (AvgIpc) is 3.18. The van der Waals surface area contributed by atoms with Crippen molar-refractivity contribution in [2.24, 2.45) is 17.8 Å². The van der Waals surface area contributed by atoms with Crippen LogP contribution >= 0.6 is 0 Å². The van der Waals surface area contributed by atoms with Crippen LogP contribution in [0, 0.1) is 17.8 Å². The fraction of sp³-hybridized carbons (Fsp3) is 0.609. The van der Waals surface area contributed by atoms with E-state index in [-0.39, 0.29) is 41.8 Å². The largest absolute Gasteiger partial charge is 0.501 e. The second-order valence-electron chi connectivity index (χ2n) is 8.92. The van der Waals surface area contributed by atoms with Gasteiger partial charge < -0.3 is 23.7 Å². The molecule has 156 valence electrons. The molecule has 0 amide bonds. The minimum atomic E-state index is -0.685. The minimum absolute atomic E-state index is 0.0283. The van der Waals surface area contributed by atoms with Crippen LogP contribution in [0.5, 0.6) is 0 Å². The molecule has 0 aromatic heterocycles. The zero-order valence-electron chi connectivity index (χ0n) is 17.1. The van der Waals surface area contributed by atoms with Gasteiger partial charge in [0.1, 0.15) is 11.9 Å². The average molecular weight is 400 g/mol. The topological polar surface area (TPSA) is 63.2 Å². The Bertz CT molecular complexity index is 803. The molecule has 0 N–H and O–H groups in total. The third-order valence-electron chi connectivity index (χ3n) is 6.60. The number of fused-ring (bicyclic) bond motifs is 5. The SMILES string of the molecule is COC1=CC(=O)C[C@@H]2C[C@@H](OCc3ccccc3)[C@H]3O[C@@H]4OC(C)(C)O[C@@H]4[C@@H]3[C@@H]12. The first kappa shape index (κ1) is 19.2. The van der Waals surface area contributed by atoms with Crippen molar-refractivity contribution in [3.8, 4) is 0 Å². The molecule has 6 nitrogen and oxygen atoms in total. The van der Waals surface area contributed by atoms with Crippen LogP contribution in [-0.4, -0.2) is 43.3 Å². The summed E-state index contributed by atoms with van der Waals surface area (Å²) in [6.07, 6.45) is 2.03. The Kier molecular flexibility index (Phi) is 4.78. The molecule has 2 aliphatic carbocycles. The first-order chi connectivity index (χ1) is 13.9. The van der Waals surface area contributed by atoms with Crippen LogP contribution in [0.15, 0.2) is 42.2 Å². The molecule has 0 spiro atoms. The molecule has 29 heavy (non-hydrogen) atoms. The molecule has 0 unspecified atom stereocenters. The predicted octanol–water partition coefficient (Wildman–Crippen LogP) is 3.20. The fourth-order valence-electron chi connectivity index (χ4n) is 5.53. The standard InChI is InChI=1S/C23H28O6/c1-23(2)28-21-19-18-14(9-15(24)11-16(18)25-3)10-17(20(19)27-22(21)29-23)26-12-13-7-5-4-6-8-13/h4-8,11,14,17-22H,9-10,12H2,1-3H3/t14-,17-,18-,19-,20-,21-,22-/m1/s1. The number of carbonyl (C=O) groups is 1.